The average Bonchev–Trinajstić information content (AvgIpc) is 3.08. The van der Waals surface area contributed by atoms with E-state index in [1.807, 2.05) is 0 Å². The summed E-state index contributed by atoms with van der Waals surface area (Å²) in [4.78, 5) is 29.9. The number of allylic oxidation sites excluding steroid dienone is 3. The highest BCUT2D eigenvalue weighted by molar-refractivity contribution is 8.06. The molecule has 0 saturated heterocycles. The van der Waals surface area contributed by atoms with Crippen molar-refractivity contribution in [2.24, 2.45) is 0 Å². The molecule has 0 bridgehead atoms. The molecule has 0 unspecified atom stereocenters. The summed E-state index contributed by atoms with van der Waals surface area (Å²) in [6, 6.07) is 3.08. The molecule has 2 aromatic heterocycles. The smallest absolute Gasteiger partial charge is 0.337 e. The van der Waals surface area contributed by atoms with Gasteiger partial charge in [-0.05, 0) is 53.7 Å². The first kappa shape index (κ1) is 14.3. The van der Waals surface area contributed by atoms with Gasteiger partial charge in [-0.2, -0.15) is 0 Å². The van der Waals surface area contributed by atoms with E-state index in [0.717, 1.165) is 25.0 Å². The van der Waals surface area contributed by atoms with Crippen LogP contribution in [0.3, 0.4) is 0 Å². The van der Waals surface area contributed by atoms with E-state index in [9.17, 15) is 9.59 Å². The van der Waals surface area contributed by atoms with Crippen molar-refractivity contribution in [1.82, 2.24) is 9.38 Å². The first-order chi connectivity index (χ1) is 11.1. The molecule has 0 radical (unpaired) electrons. The van der Waals surface area contributed by atoms with Crippen LogP contribution in [0.5, 0.6) is 0 Å². The number of nitrogens with zero attached hydrogens (tertiary/aromatic N) is 2. The van der Waals surface area contributed by atoms with Crippen molar-refractivity contribution >= 4 is 29.0 Å². The summed E-state index contributed by atoms with van der Waals surface area (Å²) in [5.74, 6) is -1.05. The van der Waals surface area contributed by atoms with Gasteiger partial charge in [0.2, 0.25) is 0 Å². The molecular formula is C17H14N2O3S. The Morgan fingerprint density at radius 1 is 1.30 bits per heavy atom. The molecule has 6 heteroatoms. The van der Waals surface area contributed by atoms with Gasteiger partial charge in [0.1, 0.15) is 5.65 Å². The highest BCUT2D eigenvalue weighted by atomic mass is 32.2. The highest BCUT2D eigenvalue weighted by Crippen LogP contribution is 2.39. The van der Waals surface area contributed by atoms with E-state index in [0.29, 0.717) is 17.6 Å². The Hall–Kier alpha value is -2.34. The number of aromatic nitrogens is 2. The number of aromatic carboxylic acids is 1. The van der Waals surface area contributed by atoms with Crippen LogP contribution >= 0.6 is 11.8 Å². The van der Waals surface area contributed by atoms with Crippen molar-refractivity contribution in [2.45, 2.75) is 25.7 Å². The normalized spacial score (nSPS) is 20.0. The maximum atomic E-state index is 12.8. The van der Waals surface area contributed by atoms with Crippen LogP contribution in [0.15, 0.2) is 39.5 Å². The third-order valence-electron chi connectivity index (χ3n) is 4.25. The van der Waals surface area contributed by atoms with E-state index < -0.39 is 5.97 Å². The van der Waals surface area contributed by atoms with Crippen LogP contribution in [0.25, 0.3) is 11.2 Å². The van der Waals surface area contributed by atoms with E-state index in [2.05, 4.69) is 16.5 Å². The summed E-state index contributed by atoms with van der Waals surface area (Å²) in [7, 11) is 0. The summed E-state index contributed by atoms with van der Waals surface area (Å²) >= 11 is 1.70. The first-order valence-electron chi connectivity index (χ1n) is 7.48. The topological polar surface area (TPSA) is 71.7 Å². The van der Waals surface area contributed by atoms with Gasteiger partial charge in [-0.3, -0.25) is 9.20 Å². The largest absolute Gasteiger partial charge is 0.478 e. The molecule has 0 atom stereocenters. The highest BCUT2D eigenvalue weighted by Gasteiger charge is 2.24. The zero-order valence-corrected chi connectivity index (χ0v) is 13.1. The molecule has 4 rings (SSSR count). The van der Waals surface area contributed by atoms with Gasteiger partial charge in [-0.25, -0.2) is 9.78 Å². The number of carboxylic acid groups (broad SMARTS) is 1. The van der Waals surface area contributed by atoms with Gasteiger partial charge in [0.25, 0.3) is 5.56 Å². The van der Waals surface area contributed by atoms with Crippen LogP contribution < -0.4 is 5.56 Å². The van der Waals surface area contributed by atoms with Gasteiger partial charge in [0.05, 0.1) is 11.3 Å². The lowest BCUT2D eigenvalue weighted by molar-refractivity contribution is 0.0696. The number of carbonyl (C=O) groups is 1. The minimum atomic E-state index is -1.05. The third kappa shape index (κ3) is 2.30. The monoisotopic (exact) mass is 326 g/mol. The lowest BCUT2D eigenvalue weighted by Crippen LogP contribution is -2.25. The molecular weight excluding hydrogens is 312 g/mol. The Bertz CT molecular complexity index is 946. The molecule has 0 aromatic carbocycles. The molecule has 0 fully saturated rings. The molecule has 5 nitrogen and oxygen atoms in total. The molecule has 2 aromatic rings. The van der Waals surface area contributed by atoms with Crippen LogP contribution in [-0.4, -0.2) is 20.5 Å². The number of pyridine rings is 1. The number of hydrogen-bond acceptors (Lipinski definition) is 4. The zero-order chi connectivity index (χ0) is 16.0. The van der Waals surface area contributed by atoms with Gasteiger partial charge < -0.3 is 5.11 Å². The van der Waals surface area contributed by atoms with Gasteiger partial charge in [0.15, 0.2) is 0 Å². The molecule has 116 valence electrons. The second-order valence-electron chi connectivity index (χ2n) is 5.64. The third-order valence-corrected chi connectivity index (χ3v) is 5.27. The van der Waals surface area contributed by atoms with Gasteiger partial charge in [-0.15, -0.1) is 11.8 Å². The maximum absolute atomic E-state index is 12.8. The zero-order valence-electron chi connectivity index (χ0n) is 12.3. The Balaban J connectivity index is 1.98. The van der Waals surface area contributed by atoms with Crippen molar-refractivity contribution in [3.8, 4) is 0 Å². The number of carboxylic acids is 1. The SMILES string of the molecule is O=C(O)c1ccc2nc3c(c(=O)n2c1)CCC/C3=C1\CC=CS1. The predicted octanol–water partition coefficient (Wildman–Crippen LogP) is 3.09. The molecule has 1 N–H and O–H groups in total. The quantitative estimate of drug-likeness (QED) is 0.872. The summed E-state index contributed by atoms with van der Waals surface area (Å²) in [6.45, 7) is 0. The van der Waals surface area contributed by atoms with Gasteiger partial charge >= 0.3 is 5.97 Å². The van der Waals surface area contributed by atoms with Crippen molar-refractivity contribution in [1.29, 1.82) is 0 Å². The number of thioether (sulfide) groups is 1. The van der Waals surface area contributed by atoms with E-state index in [4.69, 9.17) is 5.11 Å². The standard InChI is InChI=1S/C17H14N2O3S/c20-16-12-4-1-3-11(13-5-2-8-23-13)15(12)18-14-7-6-10(17(21)22)9-19(14)16/h2,6-9H,1,3-5H2,(H,21,22)/b13-11-. The van der Waals surface area contributed by atoms with E-state index in [1.165, 1.54) is 27.1 Å². The maximum Gasteiger partial charge on any atom is 0.337 e. The van der Waals surface area contributed by atoms with E-state index in [-0.39, 0.29) is 11.1 Å². The van der Waals surface area contributed by atoms with Crippen molar-refractivity contribution in [2.75, 3.05) is 0 Å². The van der Waals surface area contributed by atoms with Crippen LogP contribution in [0.2, 0.25) is 0 Å². The summed E-state index contributed by atoms with van der Waals surface area (Å²) in [5.41, 5.74) is 3.10. The molecule has 0 saturated carbocycles. The fraction of sp³-hybridized carbons (Fsp3) is 0.235. The molecule has 2 aliphatic rings. The van der Waals surface area contributed by atoms with Crippen molar-refractivity contribution < 1.29 is 9.90 Å². The van der Waals surface area contributed by atoms with E-state index >= 15 is 0 Å². The predicted molar refractivity (Wildman–Crippen MR) is 89.6 cm³/mol. The molecule has 0 amide bonds. The molecule has 3 heterocycles. The molecule has 0 spiro atoms. The summed E-state index contributed by atoms with van der Waals surface area (Å²) in [5, 5.41) is 11.2. The van der Waals surface area contributed by atoms with Crippen LogP contribution in [0.4, 0.5) is 0 Å². The Morgan fingerprint density at radius 2 is 2.17 bits per heavy atom. The lowest BCUT2D eigenvalue weighted by atomic mass is 9.91. The van der Waals surface area contributed by atoms with Crippen LogP contribution in [-0.2, 0) is 6.42 Å². The Kier molecular flexibility index (Phi) is 3.34. The molecule has 1 aliphatic carbocycles. The summed E-state index contributed by atoms with van der Waals surface area (Å²) in [6.07, 6.45) is 6.93. The minimum Gasteiger partial charge on any atom is -0.478 e. The minimum absolute atomic E-state index is 0.0892. The van der Waals surface area contributed by atoms with Gasteiger partial charge in [0, 0.05) is 11.8 Å². The summed E-state index contributed by atoms with van der Waals surface area (Å²) < 4.78 is 1.36. The first-order valence-corrected chi connectivity index (χ1v) is 8.36. The van der Waals surface area contributed by atoms with E-state index in [1.54, 1.807) is 17.8 Å². The Labute approximate surface area is 136 Å². The van der Waals surface area contributed by atoms with Crippen LogP contribution in [0.1, 0.15) is 40.9 Å². The fourth-order valence-electron chi connectivity index (χ4n) is 3.14. The second kappa shape index (κ2) is 5.38. The molecule has 1 aliphatic heterocycles. The Morgan fingerprint density at radius 3 is 2.91 bits per heavy atom. The van der Waals surface area contributed by atoms with Gasteiger partial charge in [-0.1, -0.05) is 6.08 Å². The lowest BCUT2D eigenvalue weighted by Gasteiger charge is -2.20. The number of hydrogen-bond donors (Lipinski definition) is 1. The molecule has 23 heavy (non-hydrogen) atoms. The average molecular weight is 326 g/mol. The van der Waals surface area contributed by atoms with Crippen molar-refractivity contribution in [3.05, 3.63) is 61.9 Å². The van der Waals surface area contributed by atoms with Crippen molar-refractivity contribution in [3.63, 3.8) is 0 Å². The van der Waals surface area contributed by atoms with Crippen LogP contribution in [0, 0.1) is 0 Å². The number of fused-ring (bicyclic) bond motifs is 2. The second-order valence-corrected chi connectivity index (χ2v) is 6.64. The number of rotatable bonds is 1. The fourth-order valence-corrected chi connectivity index (χ4v) is 4.03.